The average molecular weight is 310 g/mol. The number of anilines is 1. The van der Waals surface area contributed by atoms with E-state index in [9.17, 15) is 13.2 Å². The summed E-state index contributed by atoms with van der Waals surface area (Å²) in [5.74, 6) is 0.475. The quantitative estimate of drug-likeness (QED) is 0.890. The van der Waals surface area contributed by atoms with Gasteiger partial charge in [0.1, 0.15) is 12.1 Å². The third-order valence-electron chi connectivity index (χ3n) is 3.22. The van der Waals surface area contributed by atoms with Crippen LogP contribution in [0, 0.1) is 0 Å². The second-order valence-electron chi connectivity index (χ2n) is 4.88. The maximum absolute atomic E-state index is 13.0. The molecule has 22 heavy (non-hydrogen) atoms. The predicted molar refractivity (Wildman–Crippen MR) is 78.3 cm³/mol. The fourth-order valence-corrected chi connectivity index (χ4v) is 2.19. The summed E-state index contributed by atoms with van der Waals surface area (Å²) < 4.78 is 39.1. The lowest BCUT2D eigenvalue weighted by atomic mass is 10.0. The van der Waals surface area contributed by atoms with Crippen LogP contribution in [0.4, 0.5) is 19.0 Å². The molecule has 0 unspecified atom stereocenters. The van der Waals surface area contributed by atoms with Crippen LogP contribution in [0.5, 0.6) is 0 Å². The molecule has 2 rings (SSSR count). The Morgan fingerprint density at radius 1 is 1.23 bits per heavy atom. The molecule has 1 heterocycles. The lowest BCUT2D eigenvalue weighted by Gasteiger charge is -2.20. The molecule has 3 N–H and O–H groups in total. The minimum absolute atomic E-state index is 0.175. The maximum atomic E-state index is 13.0. The highest BCUT2D eigenvalue weighted by Crippen LogP contribution is 2.35. The Morgan fingerprint density at radius 3 is 2.64 bits per heavy atom. The summed E-state index contributed by atoms with van der Waals surface area (Å²) in [7, 11) is 0. The Morgan fingerprint density at radius 2 is 1.95 bits per heavy atom. The molecule has 7 heteroatoms. The van der Waals surface area contributed by atoms with Crippen molar-refractivity contribution < 1.29 is 13.2 Å². The van der Waals surface area contributed by atoms with E-state index in [1.807, 2.05) is 0 Å². The highest BCUT2D eigenvalue weighted by Gasteiger charge is 2.34. The molecule has 0 spiro atoms. The molecular weight excluding hydrogens is 293 g/mol. The van der Waals surface area contributed by atoms with Crippen LogP contribution >= 0.6 is 0 Å². The summed E-state index contributed by atoms with van der Waals surface area (Å²) in [4.78, 5) is 8.09. The standard InChI is InChI=1S/C15H17F3N4/c1-10(12-4-2-3-5-13(12)15(16,17)18)22-14-8-11(6-7-19)20-9-21-14/h2-5,8-10H,6-7,19H2,1H3,(H,20,21,22)/t10-/m1/s1. The number of nitrogens with one attached hydrogen (secondary N) is 1. The Hall–Kier alpha value is -2.15. The monoisotopic (exact) mass is 310 g/mol. The molecule has 0 bridgehead atoms. The van der Waals surface area contributed by atoms with Crippen LogP contribution in [0.3, 0.4) is 0 Å². The van der Waals surface area contributed by atoms with Crippen LogP contribution in [0.1, 0.15) is 29.8 Å². The van der Waals surface area contributed by atoms with E-state index < -0.39 is 17.8 Å². The Kier molecular flexibility index (Phi) is 4.97. The summed E-state index contributed by atoms with van der Waals surface area (Å²) in [6.07, 6.45) is -2.43. The second-order valence-corrected chi connectivity index (χ2v) is 4.88. The lowest BCUT2D eigenvalue weighted by molar-refractivity contribution is -0.138. The van der Waals surface area contributed by atoms with Gasteiger partial charge in [0.15, 0.2) is 0 Å². The van der Waals surface area contributed by atoms with E-state index in [2.05, 4.69) is 15.3 Å². The van der Waals surface area contributed by atoms with Gasteiger partial charge in [0.2, 0.25) is 0 Å². The van der Waals surface area contributed by atoms with Crippen LogP contribution in [0.2, 0.25) is 0 Å². The van der Waals surface area contributed by atoms with Gasteiger partial charge in [0.05, 0.1) is 11.6 Å². The smallest absolute Gasteiger partial charge is 0.363 e. The van der Waals surface area contributed by atoms with Gasteiger partial charge in [0, 0.05) is 18.2 Å². The molecule has 0 aliphatic rings. The van der Waals surface area contributed by atoms with Crippen LogP contribution in [0.25, 0.3) is 0 Å². The van der Waals surface area contributed by atoms with E-state index in [0.717, 1.165) is 11.8 Å². The molecule has 1 aromatic heterocycles. The molecular formula is C15H17F3N4. The zero-order chi connectivity index (χ0) is 16.2. The highest BCUT2D eigenvalue weighted by molar-refractivity contribution is 5.41. The van der Waals surface area contributed by atoms with Crippen molar-refractivity contribution in [2.24, 2.45) is 5.73 Å². The van der Waals surface area contributed by atoms with E-state index in [0.29, 0.717) is 18.8 Å². The number of aromatic nitrogens is 2. The molecule has 0 amide bonds. The van der Waals surface area contributed by atoms with E-state index >= 15 is 0 Å². The number of nitrogens with two attached hydrogens (primary N) is 1. The van der Waals surface area contributed by atoms with Crippen molar-refractivity contribution >= 4 is 5.82 Å². The van der Waals surface area contributed by atoms with Gasteiger partial charge < -0.3 is 11.1 Å². The number of hydrogen-bond donors (Lipinski definition) is 2. The zero-order valence-electron chi connectivity index (χ0n) is 12.1. The van der Waals surface area contributed by atoms with E-state index in [-0.39, 0.29) is 5.56 Å². The first-order valence-corrected chi connectivity index (χ1v) is 6.85. The van der Waals surface area contributed by atoms with Crippen molar-refractivity contribution in [3.8, 4) is 0 Å². The van der Waals surface area contributed by atoms with Gasteiger partial charge in [-0.3, -0.25) is 0 Å². The molecule has 0 saturated carbocycles. The SMILES string of the molecule is C[C@@H](Nc1cc(CCN)ncn1)c1ccccc1C(F)(F)F. The van der Waals surface area contributed by atoms with E-state index in [4.69, 9.17) is 5.73 Å². The molecule has 0 aliphatic heterocycles. The van der Waals surface area contributed by atoms with Crippen molar-refractivity contribution in [1.29, 1.82) is 0 Å². The van der Waals surface area contributed by atoms with E-state index in [1.54, 1.807) is 19.1 Å². The van der Waals surface area contributed by atoms with Gasteiger partial charge in [-0.25, -0.2) is 9.97 Å². The zero-order valence-corrected chi connectivity index (χ0v) is 12.1. The van der Waals surface area contributed by atoms with Crippen molar-refractivity contribution in [2.45, 2.75) is 25.6 Å². The average Bonchev–Trinajstić information content (AvgIpc) is 2.47. The van der Waals surface area contributed by atoms with Gasteiger partial charge >= 0.3 is 6.18 Å². The molecule has 1 atom stereocenters. The summed E-state index contributed by atoms with van der Waals surface area (Å²) in [6.45, 7) is 2.11. The maximum Gasteiger partial charge on any atom is 0.416 e. The normalized spacial score (nSPS) is 13.0. The highest BCUT2D eigenvalue weighted by atomic mass is 19.4. The Bertz CT molecular complexity index is 628. The third kappa shape index (κ3) is 3.94. The van der Waals surface area contributed by atoms with E-state index in [1.165, 1.54) is 18.5 Å². The van der Waals surface area contributed by atoms with Gasteiger partial charge in [-0.05, 0) is 25.1 Å². The van der Waals surface area contributed by atoms with Gasteiger partial charge in [-0.1, -0.05) is 18.2 Å². The lowest BCUT2D eigenvalue weighted by Crippen LogP contribution is -2.16. The topological polar surface area (TPSA) is 63.8 Å². The number of rotatable bonds is 5. The van der Waals surface area contributed by atoms with Crippen molar-refractivity contribution in [3.05, 3.63) is 53.5 Å². The van der Waals surface area contributed by atoms with Gasteiger partial charge in [-0.2, -0.15) is 13.2 Å². The largest absolute Gasteiger partial charge is 0.416 e. The minimum atomic E-state index is -4.39. The molecule has 0 radical (unpaired) electrons. The first-order valence-electron chi connectivity index (χ1n) is 6.85. The van der Waals surface area contributed by atoms with Crippen molar-refractivity contribution in [2.75, 3.05) is 11.9 Å². The Labute approximate surface area is 126 Å². The molecule has 2 aromatic rings. The third-order valence-corrected chi connectivity index (χ3v) is 3.22. The fraction of sp³-hybridized carbons (Fsp3) is 0.333. The molecule has 0 aliphatic carbocycles. The summed E-state index contributed by atoms with van der Waals surface area (Å²) in [5, 5.41) is 2.98. The van der Waals surface area contributed by atoms with Crippen molar-refractivity contribution in [1.82, 2.24) is 9.97 Å². The molecule has 0 saturated heterocycles. The first kappa shape index (κ1) is 16.2. The minimum Gasteiger partial charge on any atom is -0.363 e. The second kappa shape index (κ2) is 6.74. The molecule has 118 valence electrons. The van der Waals surface area contributed by atoms with Crippen LogP contribution < -0.4 is 11.1 Å². The molecule has 1 aromatic carbocycles. The van der Waals surface area contributed by atoms with Gasteiger partial charge in [-0.15, -0.1) is 0 Å². The van der Waals surface area contributed by atoms with Crippen molar-refractivity contribution in [3.63, 3.8) is 0 Å². The number of hydrogen-bond acceptors (Lipinski definition) is 4. The Balaban J connectivity index is 2.23. The number of halogens is 3. The number of benzene rings is 1. The summed E-state index contributed by atoms with van der Waals surface area (Å²) in [5.41, 5.74) is 5.74. The number of nitrogens with zero attached hydrogens (tertiary/aromatic N) is 2. The number of alkyl halides is 3. The predicted octanol–water partition coefficient (Wildman–Crippen LogP) is 3.17. The summed E-state index contributed by atoms with van der Waals surface area (Å²) >= 11 is 0. The molecule has 0 fully saturated rings. The van der Waals surface area contributed by atoms with Crippen LogP contribution in [-0.2, 0) is 12.6 Å². The van der Waals surface area contributed by atoms with Gasteiger partial charge in [0.25, 0.3) is 0 Å². The first-order chi connectivity index (χ1) is 10.4. The fourth-order valence-electron chi connectivity index (χ4n) is 2.19. The summed E-state index contributed by atoms with van der Waals surface area (Å²) in [6, 6.07) is 6.65. The van der Waals surface area contributed by atoms with Crippen LogP contribution in [0.15, 0.2) is 36.7 Å². The van der Waals surface area contributed by atoms with Crippen LogP contribution in [-0.4, -0.2) is 16.5 Å². The molecule has 4 nitrogen and oxygen atoms in total.